The number of rotatable bonds is 3. The summed E-state index contributed by atoms with van der Waals surface area (Å²) >= 11 is 0. The minimum atomic E-state index is -0.188. The molecule has 3 nitrogen and oxygen atoms in total. The van der Waals surface area contributed by atoms with Gasteiger partial charge >= 0.3 is 0 Å². The first-order chi connectivity index (χ1) is 8.24. The maximum atomic E-state index is 10.0. The number of likely N-dealkylation sites (N-methyl/N-ethyl adjacent to an activating group) is 1. The van der Waals surface area contributed by atoms with Crippen molar-refractivity contribution in [1.29, 1.82) is 0 Å². The van der Waals surface area contributed by atoms with Gasteiger partial charge in [-0.3, -0.25) is 4.90 Å². The number of aliphatic hydroxyl groups is 1. The zero-order valence-electron chi connectivity index (χ0n) is 10.8. The standard InChI is InChI=1S/C14H25NO2/c1-15(13-9-17-5-4-14(13)16)8-12-7-10-2-3-11(12)6-10/h10-14,16H,2-9H2,1H3. The van der Waals surface area contributed by atoms with E-state index in [9.17, 15) is 5.11 Å². The zero-order valence-corrected chi connectivity index (χ0v) is 10.8. The summed E-state index contributed by atoms with van der Waals surface area (Å²) in [5.41, 5.74) is 0. The maximum absolute atomic E-state index is 10.0. The molecule has 17 heavy (non-hydrogen) atoms. The van der Waals surface area contributed by atoms with Gasteiger partial charge in [-0.1, -0.05) is 6.42 Å². The fraction of sp³-hybridized carbons (Fsp3) is 1.00. The molecule has 5 atom stereocenters. The minimum Gasteiger partial charge on any atom is -0.391 e. The third-order valence-electron chi connectivity index (χ3n) is 5.26. The summed E-state index contributed by atoms with van der Waals surface area (Å²) in [5, 5.41) is 10.0. The van der Waals surface area contributed by atoms with E-state index in [0.29, 0.717) is 6.61 Å². The van der Waals surface area contributed by atoms with Crippen molar-refractivity contribution in [2.45, 2.75) is 44.2 Å². The molecule has 1 heterocycles. The highest BCUT2D eigenvalue weighted by Crippen LogP contribution is 2.48. The lowest BCUT2D eigenvalue weighted by molar-refractivity contribution is -0.0588. The van der Waals surface area contributed by atoms with Gasteiger partial charge in [0.2, 0.25) is 0 Å². The fourth-order valence-electron chi connectivity index (χ4n) is 4.24. The van der Waals surface area contributed by atoms with E-state index in [2.05, 4.69) is 11.9 Å². The van der Waals surface area contributed by atoms with Crippen LogP contribution in [0.2, 0.25) is 0 Å². The average molecular weight is 239 g/mol. The summed E-state index contributed by atoms with van der Waals surface area (Å²) in [6.07, 6.45) is 6.44. The number of nitrogens with zero attached hydrogens (tertiary/aromatic N) is 1. The summed E-state index contributed by atoms with van der Waals surface area (Å²) in [6.45, 7) is 2.59. The molecule has 0 amide bonds. The van der Waals surface area contributed by atoms with Gasteiger partial charge in [0.25, 0.3) is 0 Å². The Hall–Kier alpha value is -0.120. The van der Waals surface area contributed by atoms with Crippen LogP contribution in [0.3, 0.4) is 0 Å². The van der Waals surface area contributed by atoms with Gasteiger partial charge in [0, 0.05) is 13.2 Å². The van der Waals surface area contributed by atoms with Crippen molar-refractivity contribution in [2.75, 3.05) is 26.8 Å². The van der Waals surface area contributed by atoms with Gasteiger partial charge in [0.05, 0.1) is 18.8 Å². The van der Waals surface area contributed by atoms with E-state index in [1.165, 1.54) is 25.7 Å². The Balaban J connectivity index is 1.54. The number of aliphatic hydroxyl groups excluding tert-OH is 1. The number of ether oxygens (including phenoxy) is 1. The predicted molar refractivity (Wildman–Crippen MR) is 66.8 cm³/mol. The Bertz CT molecular complexity index is 271. The Morgan fingerprint density at radius 2 is 2.12 bits per heavy atom. The van der Waals surface area contributed by atoms with Crippen molar-refractivity contribution < 1.29 is 9.84 Å². The van der Waals surface area contributed by atoms with Crippen LogP contribution in [0.25, 0.3) is 0 Å². The third-order valence-corrected chi connectivity index (χ3v) is 5.26. The summed E-state index contributed by atoms with van der Waals surface area (Å²) in [4.78, 5) is 2.36. The molecule has 2 aliphatic carbocycles. The molecule has 3 rings (SSSR count). The molecule has 0 radical (unpaired) electrons. The molecule has 0 spiro atoms. The number of fused-ring (bicyclic) bond motifs is 2. The van der Waals surface area contributed by atoms with Crippen molar-refractivity contribution in [1.82, 2.24) is 4.90 Å². The summed E-state index contributed by atoms with van der Waals surface area (Å²) in [5.74, 6) is 2.88. The lowest BCUT2D eigenvalue weighted by atomic mass is 9.88. The lowest BCUT2D eigenvalue weighted by Gasteiger charge is -2.37. The Labute approximate surface area is 104 Å². The van der Waals surface area contributed by atoms with Gasteiger partial charge in [0.1, 0.15) is 0 Å². The topological polar surface area (TPSA) is 32.7 Å². The summed E-state index contributed by atoms with van der Waals surface area (Å²) < 4.78 is 5.50. The summed E-state index contributed by atoms with van der Waals surface area (Å²) in [6, 6.07) is 0.225. The van der Waals surface area contributed by atoms with Crippen LogP contribution in [0.1, 0.15) is 32.1 Å². The van der Waals surface area contributed by atoms with Crippen LogP contribution in [-0.4, -0.2) is 49.0 Å². The van der Waals surface area contributed by atoms with Crippen LogP contribution in [0.5, 0.6) is 0 Å². The maximum Gasteiger partial charge on any atom is 0.0739 e. The van der Waals surface area contributed by atoms with E-state index in [1.807, 2.05) is 0 Å². The van der Waals surface area contributed by atoms with Gasteiger partial charge in [-0.25, -0.2) is 0 Å². The van der Waals surface area contributed by atoms with Crippen LogP contribution in [-0.2, 0) is 4.74 Å². The smallest absolute Gasteiger partial charge is 0.0739 e. The summed E-state index contributed by atoms with van der Waals surface area (Å²) in [7, 11) is 2.16. The molecule has 2 bridgehead atoms. The second kappa shape index (κ2) is 4.87. The molecule has 3 heteroatoms. The van der Waals surface area contributed by atoms with Crippen LogP contribution in [0.15, 0.2) is 0 Å². The molecule has 1 saturated heterocycles. The molecule has 0 aromatic carbocycles. The Morgan fingerprint density at radius 1 is 1.24 bits per heavy atom. The molecular weight excluding hydrogens is 214 g/mol. The molecular formula is C14H25NO2. The highest BCUT2D eigenvalue weighted by molar-refractivity contribution is 4.92. The first-order valence-electron chi connectivity index (χ1n) is 7.20. The predicted octanol–water partition coefficient (Wildman–Crippen LogP) is 1.50. The lowest BCUT2D eigenvalue weighted by Crippen LogP contribution is -2.49. The van der Waals surface area contributed by atoms with Gasteiger partial charge in [0.15, 0.2) is 0 Å². The van der Waals surface area contributed by atoms with E-state index in [0.717, 1.165) is 37.3 Å². The van der Waals surface area contributed by atoms with E-state index in [4.69, 9.17) is 4.74 Å². The van der Waals surface area contributed by atoms with Gasteiger partial charge in [-0.2, -0.15) is 0 Å². The molecule has 3 fully saturated rings. The van der Waals surface area contributed by atoms with Gasteiger partial charge < -0.3 is 9.84 Å². The SMILES string of the molecule is CN(CC1CC2CCC1C2)C1COCCC1O. The van der Waals surface area contributed by atoms with Crippen molar-refractivity contribution in [3.63, 3.8) is 0 Å². The quantitative estimate of drug-likeness (QED) is 0.810. The van der Waals surface area contributed by atoms with Crippen LogP contribution >= 0.6 is 0 Å². The van der Waals surface area contributed by atoms with Crippen molar-refractivity contribution >= 4 is 0 Å². The molecule has 98 valence electrons. The van der Waals surface area contributed by atoms with E-state index in [-0.39, 0.29) is 12.1 Å². The van der Waals surface area contributed by atoms with Gasteiger partial charge in [-0.05, 0) is 50.5 Å². The first kappa shape index (κ1) is 11.9. The highest BCUT2D eigenvalue weighted by Gasteiger charge is 2.40. The number of hydrogen-bond acceptors (Lipinski definition) is 3. The Morgan fingerprint density at radius 3 is 2.76 bits per heavy atom. The second-order valence-corrected chi connectivity index (χ2v) is 6.37. The molecule has 5 unspecified atom stereocenters. The Kier molecular flexibility index (Phi) is 3.42. The molecule has 3 aliphatic rings. The van der Waals surface area contributed by atoms with Crippen molar-refractivity contribution in [3.05, 3.63) is 0 Å². The van der Waals surface area contributed by atoms with E-state index in [1.54, 1.807) is 0 Å². The fourth-order valence-corrected chi connectivity index (χ4v) is 4.24. The normalized spacial score (nSPS) is 45.7. The van der Waals surface area contributed by atoms with E-state index < -0.39 is 0 Å². The highest BCUT2D eigenvalue weighted by atomic mass is 16.5. The van der Waals surface area contributed by atoms with Crippen molar-refractivity contribution in [3.8, 4) is 0 Å². The molecule has 2 saturated carbocycles. The molecule has 1 aliphatic heterocycles. The average Bonchev–Trinajstić information content (AvgIpc) is 2.91. The van der Waals surface area contributed by atoms with Crippen LogP contribution in [0, 0.1) is 17.8 Å². The third kappa shape index (κ3) is 2.38. The second-order valence-electron chi connectivity index (χ2n) is 6.37. The van der Waals surface area contributed by atoms with Gasteiger partial charge in [-0.15, -0.1) is 0 Å². The molecule has 0 aromatic rings. The van der Waals surface area contributed by atoms with Crippen LogP contribution < -0.4 is 0 Å². The van der Waals surface area contributed by atoms with Crippen molar-refractivity contribution in [2.24, 2.45) is 17.8 Å². The monoisotopic (exact) mass is 239 g/mol. The first-order valence-corrected chi connectivity index (χ1v) is 7.20. The largest absolute Gasteiger partial charge is 0.391 e. The minimum absolute atomic E-state index is 0.188. The van der Waals surface area contributed by atoms with Crippen LogP contribution in [0.4, 0.5) is 0 Å². The molecule has 1 N–H and O–H groups in total. The van der Waals surface area contributed by atoms with E-state index >= 15 is 0 Å². The zero-order chi connectivity index (χ0) is 11.8. The number of hydrogen-bond donors (Lipinski definition) is 1. The molecule has 0 aromatic heterocycles.